The van der Waals surface area contributed by atoms with Gasteiger partial charge in [-0.1, -0.05) is 0 Å². The molecule has 18 heavy (non-hydrogen) atoms. The Hall–Kier alpha value is -0.950. The minimum absolute atomic E-state index is 0.217. The summed E-state index contributed by atoms with van der Waals surface area (Å²) in [5.41, 5.74) is 0.480. The highest BCUT2D eigenvalue weighted by atomic mass is 79.9. The summed E-state index contributed by atoms with van der Waals surface area (Å²) in [7, 11) is -0.907. The van der Waals surface area contributed by atoms with Crippen molar-refractivity contribution in [2.45, 2.75) is 6.92 Å². The van der Waals surface area contributed by atoms with Crippen molar-refractivity contribution in [3.63, 3.8) is 0 Å². The Labute approximate surface area is 117 Å². The molecular weight excluding hydrogens is 318 g/mol. The van der Waals surface area contributed by atoms with Gasteiger partial charge in [0.15, 0.2) is 0 Å². The number of rotatable bonds is 6. The lowest BCUT2D eigenvalue weighted by Crippen LogP contribution is -2.28. The van der Waals surface area contributed by atoms with Crippen LogP contribution in [0.25, 0.3) is 0 Å². The molecule has 0 saturated heterocycles. The fraction of sp³-hybridized carbons (Fsp3) is 0.455. The second-order valence-corrected chi connectivity index (χ2v) is 6.08. The van der Waals surface area contributed by atoms with E-state index in [1.165, 1.54) is 0 Å². The summed E-state index contributed by atoms with van der Waals surface area (Å²) in [6, 6.07) is 1.71. The largest absolute Gasteiger partial charge is 0.370 e. The zero-order valence-electron chi connectivity index (χ0n) is 10.3. The van der Waals surface area contributed by atoms with Crippen molar-refractivity contribution in [1.29, 1.82) is 0 Å². The van der Waals surface area contributed by atoms with Crippen LogP contribution in [-0.4, -0.2) is 40.2 Å². The summed E-state index contributed by atoms with van der Waals surface area (Å²) in [5, 5.41) is 5.75. The molecule has 1 rings (SSSR count). The molecule has 2 N–H and O–H groups in total. The molecule has 1 aromatic rings. The van der Waals surface area contributed by atoms with Gasteiger partial charge in [-0.05, 0) is 28.9 Å². The van der Waals surface area contributed by atoms with Gasteiger partial charge < -0.3 is 10.6 Å². The van der Waals surface area contributed by atoms with Gasteiger partial charge in [-0.25, -0.2) is 4.98 Å². The normalized spacial score (nSPS) is 11.9. The van der Waals surface area contributed by atoms with Gasteiger partial charge in [0.25, 0.3) is 5.91 Å². The third kappa shape index (κ3) is 4.73. The van der Waals surface area contributed by atoms with Gasteiger partial charge in [-0.15, -0.1) is 0 Å². The fourth-order valence-electron chi connectivity index (χ4n) is 1.32. The SMILES string of the molecule is CCNc1ncc(Br)cc1C(=O)NCCS(C)=O. The maximum atomic E-state index is 12.0. The summed E-state index contributed by atoms with van der Waals surface area (Å²) in [6.07, 6.45) is 3.24. The van der Waals surface area contributed by atoms with Crippen molar-refractivity contribution in [3.05, 3.63) is 22.3 Å². The molecule has 0 spiro atoms. The van der Waals surface area contributed by atoms with Crippen LogP contribution in [0, 0.1) is 0 Å². The molecule has 0 bridgehead atoms. The van der Waals surface area contributed by atoms with E-state index in [2.05, 4.69) is 31.5 Å². The Kier molecular flexibility index (Phi) is 6.28. The van der Waals surface area contributed by atoms with Crippen LogP contribution in [0.3, 0.4) is 0 Å². The molecule has 1 unspecified atom stereocenters. The summed E-state index contributed by atoms with van der Waals surface area (Å²) in [4.78, 5) is 16.1. The molecule has 0 aromatic carbocycles. The average Bonchev–Trinajstić information content (AvgIpc) is 2.31. The predicted octanol–water partition coefficient (Wildman–Crippen LogP) is 1.38. The molecule has 1 aromatic heterocycles. The quantitative estimate of drug-likeness (QED) is 0.825. The van der Waals surface area contributed by atoms with E-state index >= 15 is 0 Å². The third-order valence-corrected chi connectivity index (χ3v) is 3.33. The van der Waals surface area contributed by atoms with Crippen molar-refractivity contribution >= 4 is 38.5 Å². The number of carbonyl (C=O) groups is 1. The number of hydrogen-bond acceptors (Lipinski definition) is 4. The van der Waals surface area contributed by atoms with Crippen LogP contribution in [0.2, 0.25) is 0 Å². The number of aromatic nitrogens is 1. The maximum Gasteiger partial charge on any atom is 0.255 e. The molecule has 5 nitrogen and oxygen atoms in total. The lowest BCUT2D eigenvalue weighted by molar-refractivity contribution is 0.0956. The van der Waals surface area contributed by atoms with Gasteiger partial charge in [0.05, 0.1) is 5.56 Å². The van der Waals surface area contributed by atoms with Gasteiger partial charge in [0.2, 0.25) is 0 Å². The van der Waals surface area contributed by atoms with E-state index in [-0.39, 0.29) is 5.91 Å². The lowest BCUT2D eigenvalue weighted by Gasteiger charge is -2.10. The highest BCUT2D eigenvalue weighted by Gasteiger charge is 2.12. The molecule has 100 valence electrons. The first-order valence-electron chi connectivity index (χ1n) is 5.52. The molecule has 1 amide bonds. The van der Waals surface area contributed by atoms with Gasteiger partial charge >= 0.3 is 0 Å². The van der Waals surface area contributed by atoms with Crippen molar-refractivity contribution < 1.29 is 9.00 Å². The molecular formula is C11H16BrN3O2S. The van der Waals surface area contributed by atoms with Gasteiger partial charge in [0.1, 0.15) is 5.82 Å². The van der Waals surface area contributed by atoms with Crippen LogP contribution in [-0.2, 0) is 10.8 Å². The minimum Gasteiger partial charge on any atom is -0.370 e. The monoisotopic (exact) mass is 333 g/mol. The van der Waals surface area contributed by atoms with Crippen LogP contribution < -0.4 is 10.6 Å². The van der Waals surface area contributed by atoms with Crippen LogP contribution in [0.15, 0.2) is 16.7 Å². The number of anilines is 1. The standard InChI is InChI=1S/C11H16BrN3O2S/c1-3-13-10-9(6-8(12)7-15-10)11(16)14-4-5-18(2)17/h6-7H,3-5H2,1-2H3,(H,13,15)(H,14,16). The Morgan fingerprint density at radius 1 is 1.56 bits per heavy atom. The van der Waals surface area contributed by atoms with Crippen LogP contribution in [0.1, 0.15) is 17.3 Å². The number of halogens is 1. The van der Waals surface area contributed by atoms with E-state index in [1.807, 2.05) is 6.92 Å². The van der Waals surface area contributed by atoms with Gasteiger partial charge in [-0.3, -0.25) is 9.00 Å². The van der Waals surface area contributed by atoms with Crippen LogP contribution >= 0.6 is 15.9 Å². The van der Waals surface area contributed by atoms with Crippen molar-refractivity contribution in [3.8, 4) is 0 Å². The molecule has 0 saturated carbocycles. The van der Waals surface area contributed by atoms with Gasteiger partial charge in [0, 0.05) is 46.6 Å². The molecule has 7 heteroatoms. The smallest absolute Gasteiger partial charge is 0.255 e. The zero-order valence-corrected chi connectivity index (χ0v) is 12.7. The first-order valence-corrected chi connectivity index (χ1v) is 8.04. The van der Waals surface area contributed by atoms with E-state index in [1.54, 1.807) is 18.5 Å². The van der Waals surface area contributed by atoms with Crippen LogP contribution in [0.5, 0.6) is 0 Å². The van der Waals surface area contributed by atoms with E-state index in [4.69, 9.17) is 0 Å². The lowest BCUT2D eigenvalue weighted by atomic mass is 10.2. The number of nitrogens with one attached hydrogen (secondary N) is 2. The molecule has 1 heterocycles. The van der Waals surface area contributed by atoms with E-state index in [0.717, 1.165) is 4.47 Å². The van der Waals surface area contributed by atoms with Crippen molar-refractivity contribution in [2.24, 2.45) is 0 Å². The van der Waals surface area contributed by atoms with Crippen molar-refractivity contribution in [2.75, 3.05) is 30.4 Å². The van der Waals surface area contributed by atoms with Crippen molar-refractivity contribution in [1.82, 2.24) is 10.3 Å². The number of carbonyl (C=O) groups excluding carboxylic acids is 1. The fourth-order valence-corrected chi connectivity index (χ4v) is 2.05. The first-order chi connectivity index (χ1) is 8.54. The molecule has 0 aliphatic rings. The van der Waals surface area contributed by atoms with Gasteiger partial charge in [-0.2, -0.15) is 0 Å². The number of hydrogen-bond donors (Lipinski definition) is 2. The number of pyridine rings is 1. The summed E-state index contributed by atoms with van der Waals surface area (Å²) in [5.74, 6) is 0.782. The topological polar surface area (TPSA) is 71.1 Å². The maximum absolute atomic E-state index is 12.0. The summed E-state index contributed by atoms with van der Waals surface area (Å²) in [6.45, 7) is 3.01. The Bertz CT molecular complexity index is 454. The Morgan fingerprint density at radius 3 is 2.89 bits per heavy atom. The summed E-state index contributed by atoms with van der Waals surface area (Å²) < 4.78 is 11.7. The highest BCUT2D eigenvalue weighted by Crippen LogP contribution is 2.17. The van der Waals surface area contributed by atoms with E-state index < -0.39 is 10.8 Å². The van der Waals surface area contributed by atoms with E-state index in [9.17, 15) is 9.00 Å². The first kappa shape index (κ1) is 15.1. The number of nitrogens with zero attached hydrogens (tertiary/aromatic N) is 1. The van der Waals surface area contributed by atoms with Crippen LogP contribution in [0.4, 0.5) is 5.82 Å². The second-order valence-electron chi connectivity index (χ2n) is 3.61. The zero-order chi connectivity index (χ0) is 13.5. The molecule has 0 fully saturated rings. The average molecular weight is 334 g/mol. The number of amides is 1. The molecule has 0 radical (unpaired) electrons. The third-order valence-electron chi connectivity index (χ3n) is 2.12. The second kappa shape index (κ2) is 7.48. The molecule has 0 aliphatic carbocycles. The highest BCUT2D eigenvalue weighted by molar-refractivity contribution is 9.10. The molecule has 0 aliphatic heterocycles. The Morgan fingerprint density at radius 2 is 2.28 bits per heavy atom. The van der Waals surface area contributed by atoms with E-state index in [0.29, 0.717) is 30.2 Å². The minimum atomic E-state index is -0.907. The predicted molar refractivity (Wildman–Crippen MR) is 77.4 cm³/mol. The Balaban J connectivity index is 2.76. The molecule has 1 atom stereocenters. The summed E-state index contributed by atoms with van der Waals surface area (Å²) >= 11 is 3.29.